The number of carboxylic acids is 1. The molecule has 8 heteroatoms. The Hall–Kier alpha value is -2.77. The topological polar surface area (TPSA) is 124 Å². The molecule has 0 saturated carbocycles. The standard InChI is InChI=1S/C11H7NO7.C2H6/c13-7-4-9(10(14)11(15)16)19-8-2-1-5(12(17)18)3-6(7)8;1-2/h1-3,9H,4H2,(H,15,16);1-2H3. The van der Waals surface area contributed by atoms with E-state index in [1.807, 2.05) is 13.8 Å². The summed E-state index contributed by atoms with van der Waals surface area (Å²) in [6, 6.07) is 3.32. The van der Waals surface area contributed by atoms with E-state index in [0.717, 1.165) is 12.1 Å². The van der Waals surface area contributed by atoms with Gasteiger partial charge >= 0.3 is 5.97 Å². The summed E-state index contributed by atoms with van der Waals surface area (Å²) in [5, 5.41) is 19.1. The van der Waals surface area contributed by atoms with Crippen LogP contribution in [0.15, 0.2) is 18.2 Å². The van der Waals surface area contributed by atoms with E-state index >= 15 is 0 Å². The molecule has 1 aromatic carbocycles. The van der Waals surface area contributed by atoms with Gasteiger partial charge in [-0.1, -0.05) is 13.8 Å². The molecule has 0 aromatic heterocycles. The van der Waals surface area contributed by atoms with Crippen molar-refractivity contribution in [2.45, 2.75) is 26.4 Å². The zero-order chi connectivity index (χ0) is 16.2. The highest BCUT2D eigenvalue weighted by molar-refractivity contribution is 6.35. The highest BCUT2D eigenvalue weighted by atomic mass is 16.6. The van der Waals surface area contributed by atoms with Gasteiger partial charge in [0.25, 0.3) is 11.5 Å². The fourth-order valence-corrected chi connectivity index (χ4v) is 1.71. The first kappa shape index (κ1) is 16.3. The molecule has 112 valence electrons. The van der Waals surface area contributed by atoms with E-state index < -0.39 is 35.0 Å². The molecule has 1 heterocycles. The number of fused-ring (bicyclic) bond motifs is 1. The molecule has 1 aliphatic heterocycles. The van der Waals surface area contributed by atoms with Crippen molar-refractivity contribution in [2.24, 2.45) is 0 Å². The molecule has 1 aromatic rings. The van der Waals surface area contributed by atoms with E-state index in [2.05, 4.69) is 0 Å². The number of nitro benzene ring substituents is 1. The van der Waals surface area contributed by atoms with E-state index in [0.29, 0.717) is 0 Å². The number of carboxylic acid groups (broad SMARTS) is 1. The van der Waals surface area contributed by atoms with Crippen molar-refractivity contribution in [1.29, 1.82) is 0 Å². The largest absolute Gasteiger partial charge is 0.481 e. The molecule has 0 bridgehead atoms. The number of non-ortho nitro benzene ring substituents is 1. The van der Waals surface area contributed by atoms with Crippen LogP contribution in [0.1, 0.15) is 30.6 Å². The van der Waals surface area contributed by atoms with Gasteiger partial charge in [0, 0.05) is 12.1 Å². The highest BCUT2D eigenvalue weighted by Crippen LogP contribution is 2.31. The van der Waals surface area contributed by atoms with Crippen molar-refractivity contribution in [3.05, 3.63) is 33.9 Å². The van der Waals surface area contributed by atoms with Crippen LogP contribution in [0.25, 0.3) is 0 Å². The molecule has 0 fully saturated rings. The maximum absolute atomic E-state index is 11.8. The summed E-state index contributed by atoms with van der Waals surface area (Å²) in [6.07, 6.45) is -1.83. The molecule has 2 rings (SSSR count). The Bertz CT molecular complexity index is 609. The Morgan fingerprint density at radius 1 is 1.38 bits per heavy atom. The third-order valence-corrected chi connectivity index (χ3v) is 2.62. The third-order valence-electron chi connectivity index (χ3n) is 2.62. The van der Waals surface area contributed by atoms with Gasteiger partial charge < -0.3 is 9.84 Å². The van der Waals surface area contributed by atoms with Crippen LogP contribution in [0.3, 0.4) is 0 Å². The van der Waals surface area contributed by atoms with Crippen molar-refractivity contribution in [3.8, 4) is 5.75 Å². The van der Waals surface area contributed by atoms with Crippen molar-refractivity contribution in [3.63, 3.8) is 0 Å². The molecule has 0 aliphatic carbocycles. The molecular formula is C13H13NO7. The quantitative estimate of drug-likeness (QED) is 0.510. The Balaban J connectivity index is 0.00000106. The molecule has 1 atom stereocenters. The first-order chi connectivity index (χ1) is 9.90. The van der Waals surface area contributed by atoms with Crippen LogP contribution in [-0.2, 0) is 9.59 Å². The van der Waals surface area contributed by atoms with Crippen molar-refractivity contribution < 1.29 is 29.2 Å². The zero-order valence-electron chi connectivity index (χ0n) is 11.4. The molecule has 8 nitrogen and oxygen atoms in total. The fraction of sp³-hybridized carbons (Fsp3) is 0.308. The summed E-state index contributed by atoms with van der Waals surface area (Å²) >= 11 is 0. The predicted octanol–water partition coefficient (Wildman–Crippen LogP) is 1.61. The number of ether oxygens (including phenoxy) is 1. The lowest BCUT2D eigenvalue weighted by Gasteiger charge is -2.22. The molecule has 0 spiro atoms. The minimum absolute atomic E-state index is 0.0244. The van der Waals surface area contributed by atoms with E-state index in [1.54, 1.807) is 0 Å². The number of hydrogen-bond acceptors (Lipinski definition) is 6. The number of nitrogens with zero attached hydrogens (tertiary/aromatic N) is 1. The highest BCUT2D eigenvalue weighted by Gasteiger charge is 2.35. The van der Waals surface area contributed by atoms with E-state index in [-0.39, 0.29) is 17.0 Å². The second-order valence-corrected chi connectivity index (χ2v) is 3.84. The van der Waals surface area contributed by atoms with E-state index in [4.69, 9.17) is 9.84 Å². The molecule has 1 aliphatic rings. The van der Waals surface area contributed by atoms with Gasteiger partial charge in [-0.25, -0.2) is 4.79 Å². The monoisotopic (exact) mass is 295 g/mol. The van der Waals surface area contributed by atoms with Crippen molar-refractivity contribution >= 4 is 23.2 Å². The second kappa shape index (κ2) is 6.60. The van der Waals surface area contributed by atoms with Crippen LogP contribution in [-0.4, -0.2) is 33.7 Å². The van der Waals surface area contributed by atoms with Gasteiger partial charge in [0.1, 0.15) is 5.75 Å². The van der Waals surface area contributed by atoms with Crippen LogP contribution in [0.5, 0.6) is 5.75 Å². The Labute approximate surface area is 119 Å². The molecule has 0 radical (unpaired) electrons. The van der Waals surface area contributed by atoms with Gasteiger partial charge in [-0.2, -0.15) is 0 Å². The maximum atomic E-state index is 11.8. The summed E-state index contributed by atoms with van der Waals surface area (Å²) in [5.41, 5.74) is -0.303. The van der Waals surface area contributed by atoms with Crippen molar-refractivity contribution in [2.75, 3.05) is 0 Å². The lowest BCUT2D eigenvalue weighted by atomic mass is 9.98. The van der Waals surface area contributed by atoms with Crippen LogP contribution in [0.2, 0.25) is 0 Å². The number of carbonyl (C=O) groups is 3. The van der Waals surface area contributed by atoms with Gasteiger partial charge in [-0.15, -0.1) is 0 Å². The lowest BCUT2D eigenvalue weighted by molar-refractivity contribution is -0.384. The third kappa shape index (κ3) is 3.41. The van der Waals surface area contributed by atoms with Crippen molar-refractivity contribution in [1.82, 2.24) is 0 Å². The number of aliphatic carboxylic acids is 1. The van der Waals surface area contributed by atoms with Gasteiger partial charge in [0.05, 0.1) is 16.9 Å². The minimum atomic E-state index is -1.69. The summed E-state index contributed by atoms with van der Waals surface area (Å²) in [6.45, 7) is 4.00. The normalized spacial score (nSPS) is 15.9. The molecule has 1 unspecified atom stereocenters. The molecule has 0 amide bonds. The molecule has 21 heavy (non-hydrogen) atoms. The Kier molecular flexibility index (Phi) is 5.12. The molecular weight excluding hydrogens is 282 g/mol. The van der Waals surface area contributed by atoms with E-state index in [1.165, 1.54) is 6.07 Å². The average molecular weight is 295 g/mol. The number of nitro groups is 1. The number of benzene rings is 1. The maximum Gasteiger partial charge on any atom is 0.376 e. The van der Waals surface area contributed by atoms with Gasteiger partial charge in [-0.3, -0.25) is 19.7 Å². The van der Waals surface area contributed by atoms with Gasteiger partial charge in [0.15, 0.2) is 11.9 Å². The average Bonchev–Trinajstić information content (AvgIpc) is 2.47. The van der Waals surface area contributed by atoms with Crippen LogP contribution in [0.4, 0.5) is 5.69 Å². The summed E-state index contributed by atoms with van der Waals surface area (Å²) < 4.78 is 5.09. The van der Waals surface area contributed by atoms with Crippen LogP contribution >= 0.6 is 0 Å². The first-order valence-corrected chi connectivity index (χ1v) is 6.15. The Morgan fingerprint density at radius 2 is 2.00 bits per heavy atom. The summed E-state index contributed by atoms with van der Waals surface area (Å²) in [7, 11) is 0. The lowest BCUT2D eigenvalue weighted by Crippen LogP contribution is -2.38. The smallest absolute Gasteiger partial charge is 0.376 e. The Morgan fingerprint density at radius 3 is 2.52 bits per heavy atom. The number of carbonyl (C=O) groups excluding carboxylic acids is 2. The van der Waals surface area contributed by atoms with Gasteiger partial charge in [-0.05, 0) is 6.07 Å². The van der Waals surface area contributed by atoms with Crippen LogP contribution < -0.4 is 4.74 Å². The number of ketones is 2. The first-order valence-electron chi connectivity index (χ1n) is 6.15. The molecule has 0 saturated heterocycles. The number of rotatable bonds is 3. The van der Waals surface area contributed by atoms with Crippen LogP contribution in [0, 0.1) is 10.1 Å². The second-order valence-electron chi connectivity index (χ2n) is 3.84. The predicted molar refractivity (Wildman–Crippen MR) is 70.5 cm³/mol. The fourth-order valence-electron chi connectivity index (χ4n) is 1.71. The number of Topliss-reactive ketones (excluding diaryl/α,β-unsaturated/α-hetero) is 2. The summed E-state index contributed by atoms with van der Waals surface area (Å²) in [4.78, 5) is 43.4. The SMILES string of the molecule is CC.O=C(O)C(=O)C1CC(=O)c2cc([N+](=O)[O-])ccc2O1. The van der Waals surface area contributed by atoms with Gasteiger partial charge in [0.2, 0.25) is 0 Å². The van der Waals surface area contributed by atoms with E-state index in [9.17, 15) is 24.5 Å². The zero-order valence-corrected chi connectivity index (χ0v) is 11.4. The number of hydrogen-bond donors (Lipinski definition) is 1. The summed E-state index contributed by atoms with van der Waals surface area (Å²) in [5.74, 6) is -3.51. The minimum Gasteiger partial charge on any atom is -0.481 e. The molecule has 1 N–H and O–H groups in total.